The first kappa shape index (κ1) is 24.3. The van der Waals surface area contributed by atoms with Gasteiger partial charge in [0.05, 0.1) is 6.54 Å². The molecule has 2 aliphatic rings. The van der Waals surface area contributed by atoms with Crippen molar-refractivity contribution in [2.75, 3.05) is 11.9 Å². The van der Waals surface area contributed by atoms with Crippen molar-refractivity contribution in [2.24, 2.45) is 5.73 Å². The summed E-state index contributed by atoms with van der Waals surface area (Å²) in [7, 11) is 0. The average Bonchev–Trinajstić information content (AvgIpc) is 3.35. The number of nitrogens with two attached hydrogens (primary N) is 1. The SMILES string of the molecule is CC(C)=C1CCC(C(=O)NC2CCC(F)(F)C2)N1C(=O)CNc1ccccc1C(=N)C(N)=O. The zero-order chi connectivity index (χ0) is 24.3. The van der Waals surface area contributed by atoms with Crippen LogP contribution in [0.3, 0.4) is 0 Å². The van der Waals surface area contributed by atoms with Crippen molar-refractivity contribution >= 4 is 29.1 Å². The number of allylic oxidation sites excluding steroid dienone is 2. The Kier molecular flexibility index (Phi) is 7.14. The number of benzene rings is 1. The summed E-state index contributed by atoms with van der Waals surface area (Å²) in [5.41, 5.74) is 7.11. The summed E-state index contributed by atoms with van der Waals surface area (Å²) in [6, 6.07) is 5.12. The standard InChI is InChI=1S/C23H29F2N5O3/c1-13(2)17-7-8-18(22(33)29-14-9-10-23(24,25)11-14)30(17)19(31)12-28-16-6-4-3-5-15(16)20(26)21(27)32/h3-6,14,18,26,28H,7-12H2,1-2H3,(H2,27,32)(H,29,33). The summed E-state index contributed by atoms with van der Waals surface area (Å²) in [4.78, 5) is 39.0. The number of nitrogens with zero attached hydrogens (tertiary/aromatic N) is 1. The molecule has 8 nitrogen and oxygen atoms in total. The molecule has 0 bridgehead atoms. The van der Waals surface area contributed by atoms with E-state index in [0.717, 1.165) is 11.3 Å². The van der Waals surface area contributed by atoms with Gasteiger partial charge in [0.2, 0.25) is 17.7 Å². The number of hydrogen-bond acceptors (Lipinski definition) is 5. The van der Waals surface area contributed by atoms with Crippen molar-refractivity contribution in [3.8, 4) is 0 Å². The van der Waals surface area contributed by atoms with Crippen LogP contribution in [-0.2, 0) is 14.4 Å². The summed E-state index contributed by atoms with van der Waals surface area (Å²) >= 11 is 0. The molecule has 1 heterocycles. The fraction of sp³-hybridized carbons (Fsp3) is 0.478. The maximum atomic E-state index is 13.5. The second-order valence-electron chi connectivity index (χ2n) is 8.71. The molecule has 2 atom stereocenters. The molecule has 33 heavy (non-hydrogen) atoms. The number of alkyl halides is 2. The van der Waals surface area contributed by atoms with E-state index < -0.39 is 29.8 Å². The van der Waals surface area contributed by atoms with E-state index in [1.54, 1.807) is 24.3 Å². The first-order valence-electron chi connectivity index (χ1n) is 10.9. The number of carbonyl (C=O) groups is 3. The molecule has 2 unspecified atom stereocenters. The van der Waals surface area contributed by atoms with Crippen LogP contribution in [0, 0.1) is 5.41 Å². The minimum atomic E-state index is -2.77. The van der Waals surface area contributed by atoms with Crippen LogP contribution in [0.4, 0.5) is 14.5 Å². The molecule has 3 rings (SSSR count). The second-order valence-corrected chi connectivity index (χ2v) is 8.71. The largest absolute Gasteiger partial charge is 0.376 e. The number of nitrogens with one attached hydrogen (secondary N) is 3. The molecule has 1 aliphatic heterocycles. The Labute approximate surface area is 191 Å². The van der Waals surface area contributed by atoms with Gasteiger partial charge in [0.1, 0.15) is 11.8 Å². The fourth-order valence-corrected chi connectivity index (χ4v) is 4.39. The number of primary amides is 1. The Morgan fingerprint density at radius 1 is 1.21 bits per heavy atom. The van der Waals surface area contributed by atoms with Gasteiger partial charge in [-0.1, -0.05) is 23.8 Å². The van der Waals surface area contributed by atoms with Crippen LogP contribution in [0.5, 0.6) is 0 Å². The minimum Gasteiger partial charge on any atom is -0.376 e. The normalized spacial score (nSPS) is 21.6. The number of likely N-dealkylation sites (tertiary alicyclic amines) is 1. The highest BCUT2D eigenvalue weighted by Gasteiger charge is 2.43. The Morgan fingerprint density at radius 2 is 1.91 bits per heavy atom. The highest BCUT2D eigenvalue weighted by Crippen LogP contribution is 2.36. The first-order valence-corrected chi connectivity index (χ1v) is 10.9. The molecule has 1 aliphatic carbocycles. The van der Waals surface area contributed by atoms with Gasteiger partial charge in [-0.05, 0) is 39.2 Å². The third-order valence-electron chi connectivity index (χ3n) is 6.03. The monoisotopic (exact) mass is 461 g/mol. The van der Waals surface area contributed by atoms with E-state index in [0.29, 0.717) is 18.5 Å². The van der Waals surface area contributed by atoms with Gasteiger partial charge >= 0.3 is 0 Å². The van der Waals surface area contributed by atoms with Crippen LogP contribution in [0.1, 0.15) is 51.5 Å². The molecular weight excluding hydrogens is 432 g/mol. The van der Waals surface area contributed by atoms with Gasteiger partial charge in [-0.2, -0.15) is 0 Å². The summed E-state index contributed by atoms with van der Waals surface area (Å²) in [5.74, 6) is -4.47. The van der Waals surface area contributed by atoms with E-state index in [4.69, 9.17) is 11.1 Å². The molecule has 5 N–H and O–H groups in total. The Balaban J connectivity index is 1.74. The molecule has 0 radical (unpaired) electrons. The van der Waals surface area contributed by atoms with Crippen molar-refractivity contribution in [2.45, 2.75) is 64.0 Å². The summed E-state index contributed by atoms with van der Waals surface area (Å²) in [6.45, 7) is 3.51. The number of anilines is 1. The number of rotatable bonds is 7. The lowest BCUT2D eigenvalue weighted by Gasteiger charge is -2.27. The maximum absolute atomic E-state index is 13.5. The molecule has 0 aromatic heterocycles. The third kappa shape index (κ3) is 5.55. The topological polar surface area (TPSA) is 128 Å². The number of halogens is 2. The van der Waals surface area contributed by atoms with Crippen molar-refractivity contribution in [3.05, 3.63) is 41.1 Å². The lowest BCUT2D eigenvalue weighted by atomic mass is 10.1. The summed E-state index contributed by atoms with van der Waals surface area (Å²) in [5, 5.41) is 13.5. The number of amides is 3. The molecular formula is C23H29F2N5O3. The quantitative estimate of drug-likeness (QED) is 0.465. The van der Waals surface area contributed by atoms with Gasteiger partial charge in [-0.3, -0.25) is 19.8 Å². The summed E-state index contributed by atoms with van der Waals surface area (Å²) < 4.78 is 27.0. The highest BCUT2D eigenvalue weighted by atomic mass is 19.3. The smallest absolute Gasteiger partial charge is 0.267 e. The predicted octanol–water partition coefficient (Wildman–Crippen LogP) is 2.54. The van der Waals surface area contributed by atoms with Crippen LogP contribution in [0.25, 0.3) is 0 Å². The zero-order valence-corrected chi connectivity index (χ0v) is 18.7. The predicted molar refractivity (Wildman–Crippen MR) is 120 cm³/mol. The van der Waals surface area contributed by atoms with E-state index >= 15 is 0 Å². The summed E-state index contributed by atoms with van der Waals surface area (Å²) in [6.07, 6.45) is 0.492. The van der Waals surface area contributed by atoms with Gasteiger partial charge in [0.25, 0.3) is 5.91 Å². The van der Waals surface area contributed by atoms with Crippen molar-refractivity contribution < 1.29 is 23.2 Å². The third-order valence-corrected chi connectivity index (χ3v) is 6.03. The van der Waals surface area contributed by atoms with E-state index in [1.807, 2.05) is 13.8 Å². The fourth-order valence-electron chi connectivity index (χ4n) is 4.39. The Morgan fingerprint density at radius 3 is 2.52 bits per heavy atom. The number of carbonyl (C=O) groups excluding carboxylic acids is 3. The van der Waals surface area contributed by atoms with Gasteiger partial charge in [-0.25, -0.2) is 8.78 Å². The average molecular weight is 462 g/mol. The Bertz CT molecular complexity index is 1000. The molecule has 10 heteroatoms. The molecule has 1 aromatic rings. The Hall–Kier alpha value is -3.30. The van der Waals surface area contributed by atoms with Gasteiger partial charge in [-0.15, -0.1) is 0 Å². The van der Waals surface area contributed by atoms with Crippen LogP contribution >= 0.6 is 0 Å². The van der Waals surface area contributed by atoms with Crippen LogP contribution in [0.15, 0.2) is 35.5 Å². The van der Waals surface area contributed by atoms with Crippen LogP contribution < -0.4 is 16.4 Å². The lowest BCUT2D eigenvalue weighted by Crippen LogP contribution is -2.49. The van der Waals surface area contributed by atoms with Gasteiger partial charge in [0.15, 0.2) is 0 Å². The number of hydrogen-bond donors (Lipinski definition) is 4. The molecule has 2 fully saturated rings. The molecule has 0 spiro atoms. The molecule has 178 valence electrons. The van der Waals surface area contributed by atoms with Crippen LogP contribution in [-0.4, -0.2) is 52.9 Å². The van der Waals surface area contributed by atoms with Crippen molar-refractivity contribution in [1.82, 2.24) is 10.2 Å². The van der Waals surface area contributed by atoms with E-state index in [2.05, 4.69) is 10.6 Å². The van der Waals surface area contributed by atoms with Gasteiger partial charge in [0, 0.05) is 35.8 Å². The molecule has 1 aromatic carbocycles. The highest BCUT2D eigenvalue weighted by molar-refractivity contribution is 6.44. The van der Waals surface area contributed by atoms with Crippen molar-refractivity contribution in [3.63, 3.8) is 0 Å². The van der Waals surface area contributed by atoms with Crippen LogP contribution in [0.2, 0.25) is 0 Å². The zero-order valence-electron chi connectivity index (χ0n) is 18.7. The molecule has 1 saturated carbocycles. The first-order chi connectivity index (χ1) is 15.5. The molecule has 1 saturated heterocycles. The van der Waals surface area contributed by atoms with E-state index in [9.17, 15) is 23.2 Å². The van der Waals surface area contributed by atoms with Gasteiger partial charge < -0.3 is 21.3 Å². The lowest BCUT2D eigenvalue weighted by molar-refractivity contribution is -0.136. The number of para-hydroxylation sites is 1. The maximum Gasteiger partial charge on any atom is 0.267 e. The second kappa shape index (κ2) is 9.68. The van der Waals surface area contributed by atoms with E-state index in [1.165, 1.54) is 4.90 Å². The van der Waals surface area contributed by atoms with E-state index in [-0.39, 0.29) is 43.0 Å². The minimum absolute atomic E-state index is 0.189. The van der Waals surface area contributed by atoms with Crippen molar-refractivity contribution in [1.29, 1.82) is 5.41 Å². The molecule has 3 amide bonds.